The zero-order valence-corrected chi connectivity index (χ0v) is 21.4. The van der Waals surface area contributed by atoms with Crippen molar-refractivity contribution in [2.75, 3.05) is 52.4 Å². The van der Waals surface area contributed by atoms with Crippen molar-refractivity contribution in [1.82, 2.24) is 20.0 Å². The average Bonchev–Trinajstić information content (AvgIpc) is 2.74. The number of carbonyl (C=O) groups is 1. The fourth-order valence-electron chi connectivity index (χ4n) is 3.91. The first-order chi connectivity index (χ1) is 14.5. The van der Waals surface area contributed by atoms with Gasteiger partial charge in [0, 0.05) is 50.8 Å². The number of guanidine groups is 1. The molecule has 7 nitrogen and oxygen atoms in total. The van der Waals surface area contributed by atoms with Crippen LogP contribution in [0.4, 0.5) is 0 Å². The van der Waals surface area contributed by atoms with E-state index in [2.05, 4.69) is 15.1 Å². The Morgan fingerprint density at radius 1 is 1.19 bits per heavy atom. The molecule has 0 aromatic heterocycles. The van der Waals surface area contributed by atoms with Gasteiger partial charge in [0.15, 0.2) is 5.96 Å². The molecule has 0 radical (unpaired) electrons. The van der Waals surface area contributed by atoms with Crippen molar-refractivity contribution in [1.29, 1.82) is 0 Å². The molecule has 0 bridgehead atoms. The smallest absolute Gasteiger partial charge is 0.242 e. The van der Waals surface area contributed by atoms with Crippen molar-refractivity contribution in [2.24, 2.45) is 4.99 Å². The summed E-state index contributed by atoms with van der Waals surface area (Å²) in [4.78, 5) is 23.8. The molecule has 1 aromatic carbocycles. The Hall–Kier alpha value is -1.10. The van der Waals surface area contributed by atoms with Gasteiger partial charge in [0.1, 0.15) is 0 Å². The lowest BCUT2D eigenvalue weighted by Gasteiger charge is -2.36. The summed E-state index contributed by atoms with van der Waals surface area (Å²) in [5.74, 6) is 0.944. The second-order valence-electron chi connectivity index (χ2n) is 8.03. The van der Waals surface area contributed by atoms with E-state index in [1.165, 1.54) is 0 Å². The number of hydrogen-bond acceptors (Lipinski definition) is 4. The standard InChI is InChI=1S/C22H34ClN5O2.HI/c1-2-24-22(25-10-3-11-26-12-8-20(29)9-13-26)28-15-14-27(21(30)17-28)16-18-4-6-19(23)7-5-18;/h4-7,20,29H,2-3,8-17H2,1H3,(H,24,25);1H. The number of likely N-dealkylation sites (tertiary alicyclic amines) is 1. The molecule has 2 saturated heterocycles. The number of benzene rings is 1. The Kier molecular flexibility index (Phi) is 11.3. The molecule has 2 aliphatic heterocycles. The largest absolute Gasteiger partial charge is 0.393 e. The topological polar surface area (TPSA) is 71.4 Å². The van der Waals surface area contributed by atoms with Gasteiger partial charge in [-0.2, -0.15) is 0 Å². The summed E-state index contributed by atoms with van der Waals surface area (Å²) < 4.78 is 0. The van der Waals surface area contributed by atoms with Gasteiger partial charge in [-0.05, 0) is 50.4 Å². The van der Waals surface area contributed by atoms with Gasteiger partial charge in [0.05, 0.1) is 12.6 Å². The number of amides is 1. The monoisotopic (exact) mass is 563 g/mol. The number of rotatable bonds is 7. The summed E-state index contributed by atoms with van der Waals surface area (Å²) in [5, 5.41) is 13.6. The first kappa shape index (κ1) is 26.2. The highest BCUT2D eigenvalue weighted by Gasteiger charge is 2.26. The Balaban J connectivity index is 0.00000341. The molecule has 3 rings (SSSR count). The van der Waals surface area contributed by atoms with Crippen LogP contribution >= 0.6 is 35.6 Å². The van der Waals surface area contributed by atoms with Crippen LogP contribution < -0.4 is 5.32 Å². The highest BCUT2D eigenvalue weighted by atomic mass is 127. The van der Waals surface area contributed by atoms with Gasteiger partial charge in [0.25, 0.3) is 0 Å². The van der Waals surface area contributed by atoms with Crippen LogP contribution in [-0.2, 0) is 11.3 Å². The van der Waals surface area contributed by atoms with Crippen LogP contribution in [0.15, 0.2) is 29.3 Å². The van der Waals surface area contributed by atoms with Gasteiger partial charge in [-0.1, -0.05) is 23.7 Å². The van der Waals surface area contributed by atoms with Crippen LogP contribution in [0.3, 0.4) is 0 Å². The van der Waals surface area contributed by atoms with Gasteiger partial charge < -0.3 is 25.1 Å². The molecule has 2 fully saturated rings. The Morgan fingerprint density at radius 2 is 1.90 bits per heavy atom. The normalized spacial score (nSPS) is 18.8. The number of nitrogens with zero attached hydrogens (tertiary/aromatic N) is 4. The quantitative estimate of drug-likeness (QED) is 0.231. The number of hydrogen-bond donors (Lipinski definition) is 2. The van der Waals surface area contributed by atoms with Gasteiger partial charge in [-0.15, -0.1) is 24.0 Å². The second-order valence-corrected chi connectivity index (χ2v) is 8.46. The summed E-state index contributed by atoms with van der Waals surface area (Å²) in [7, 11) is 0. The fraction of sp³-hybridized carbons (Fsp3) is 0.636. The molecule has 9 heteroatoms. The summed E-state index contributed by atoms with van der Waals surface area (Å²) >= 11 is 5.95. The first-order valence-electron chi connectivity index (χ1n) is 11.0. The molecule has 0 unspecified atom stereocenters. The van der Waals surface area contributed by atoms with Gasteiger partial charge >= 0.3 is 0 Å². The zero-order valence-electron chi connectivity index (χ0n) is 18.3. The molecule has 0 atom stereocenters. The maximum atomic E-state index is 12.7. The van der Waals surface area contributed by atoms with E-state index < -0.39 is 0 Å². The van der Waals surface area contributed by atoms with E-state index in [0.29, 0.717) is 24.7 Å². The molecule has 1 amide bonds. The Morgan fingerprint density at radius 3 is 2.55 bits per heavy atom. The maximum Gasteiger partial charge on any atom is 0.242 e. The molecule has 0 spiro atoms. The molecule has 2 N–H and O–H groups in total. The molecule has 31 heavy (non-hydrogen) atoms. The summed E-state index contributed by atoms with van der Waals surface area (Å²) in [6, 6.07) is 7.66. The number of aliphatic hydroxyl groups is 1. The lowest BCUT2D eigenvalue weighted by atomic mass is 10.1. The van der Waals surface area contributed by atoms with Crippen LogP contribution in [0.1, 0.15) is 31.7 Å². The van der Waals surface area contributed by atoms with Crippen molar-refractivity contribution in [3.05, 3.63) is 34.9 Å². The highest BCUT2D eigenvalue weighted by molar-refractivity contribution is 14.0. The van der Waals surface area contributed by atoms with E-state index in [0.717, 1.165) is 70.1 Å². The SMILES string of the molecule is CCNC(=NCCCN1CCC(O)CC1)N1CCN(Cc2ccc(Cl)cc2)C(=O)C1.I. The third-order valence-corrected chi connectivity index (χ3v) is 5.94. The Bertz CT molecular complexity index is 710. The van der Waals surface area contributed by atoms with Crippen LogP contribution in [0.25, 0.3) is 0 Å². The predicted molar refractivity (Wildman–Crippen MR) is 136 cm³/mol. The molecular formula is C22H35ClIN5O2. The van der Waals surface area contributed by atoms with Crippen molar-refractivity contribution in [3.63, 3.8) is 0 Å². The average molecular weight is 564 g/mol. The summed E-state index contributed by atoms with van der Waals surface area (Å²) in [6.07, 6.45) is 2.59. The van der Waals surface area contributed by atoms with E-state index in [9.17, 15) is 9.90 Å². The van der Waals surface area contributed by atoms with E-state index in [4.69, 9.17) is 16.6 Å². The molecule has 2 aliphatic rings. The van der Waals surface area contributed by atoms with E-state index in [-0.39, 0.29) is 36.0 Å². The minimum Gasteiger partial charge on any atom is -0.393 e. The van der Waals surface area contributed by atoms with E-state index in [1.807, 2.05) is 36.1 Å². The van der Waals surface area contributed by atoms with Crippen molar-refractivity contribution < 1.29 is 9.90 Å². The molecular weight excluding hydrogens is 529 g/mol. The van der Waals surface area contributed by atoms with Gasteiger partial charge in [-0.25, -0.2) is 0 Å². The van der Waals surface area contributed by atoms with Crippen molar-refractivity contribution >= 4 is 47.4 Å². The molecule has 0 saturated carbocycles. The molecule has 0 aliphatic carbocycles. The third kappa shape index (κ3) is 8.40. The minimum atomic E-state index is -0.129. The van der Waals surface area contributed by atoms with Crippen LogP contribution in [0.2, 0.25) is 5.02 Å². The number of carbonyl (C=O) groups excluding carboxylic acids is 1. The summed E-state index contributed by atoms with van der Waals surface area (Å²) in [6.45, 7) is 8.92. The summed E-state index contributed by atoms with van der Waals surface area (Å²) in [5.41, 5.74) is 1.09. The lowest BCUT2D eigenvalue weighted by molar-refractivity contribution is -0.135. The van der Waals surface area contributed by atoms with Crippen molar-refractivity contribution in [2.45, 2.75) is 38.8 Å². The number of piperazine rings is 1. The highest BCUT2D eigenvalue weighted by Crippen LogP contribution is 2.14. The fourth-order valence-corrected chi connectivity index (χ4v) is 4.04. The number of piperidine rings is 1. The van der Waals surface area contributed by atoms with E-state index in [1.54, 1.807) is 0 Å². The number of nitrogens with one attached hydrogen (secondary N) is 1. The number of aliphatic hydroxyl groups excluding tert-OH is 1. The van der Waals surface area contributed by atoms with Gasteiger partial charge in [-0.3, -0.25) is 9.79 Å². The number of aliphatic imine (C=N–C) groups is 1. The Labute approximate surface area is 207 Å². The zero-order chi connectivity index (χ0) is 21.3. The third-order valence-electron chi connectivity index (χ3n) is 5.69. The molecule has 2 heterocycles. The number of halogens is 2. The maximum absolute atomic E-state index is 12.7. The predicted octanol–water partition coefficient (Wildman–Crippen LogP) is 2.41. The van der Waals surface area contributed by atoms with Crippen molar-refractivity contribution in [3.8, 4) is 0 Å². The van der Waals surface area contributed by atoms with Gasteiger partial charge in [0.2, 0.25) is 5.91 Å². The lowest BCUT2D eigenvalue weighted by Crippen LogP contribution is -2.55. The van der Waals surface area contributed by atoms with Crippen LogP contribution in [-0.4, -0.2) is 90.1 Å². The van der Waals surface area contributed by atoms with Crippen LogP contribution in [0, 0.1) is 0 Å². The molecule has 1 aromatic rings. The van der Waals surface area contributed by atoms with Crippen LogP contribution in [0.5, 0.6) is 0 Å². The molecule has 174 valence electrons. The van der Waals surface area contributed by atoms with E-state index >= 15 is 0 Å². The first-order valence-corrected chi connectivity index (χ1v) is 11.4. The minimum absolute atomic E-state index is 0. The second kappa shape index (κ2) is 13.4.